The van der Waals surface area contributed by atoms with Crippen molar-refractivity contribution < 1.29 is 18.5 Å². The Labute approximate surface area is 107 Å². The third-order valence-electron chi connectivity index (χ3n) is 2.33. The first-order valence-electron chi connectivity index (χ1n) is 5.26. The zero-order valence-electron chi connectivity index (χ0n) is 10.1. The van der Waals surface area contributed by atoms with E-state index >= 15 is 0 Å². The van der Waals surface area contributed by atoms with Crippen LogP contribution in [0.5, 0.6) is 0 Å². The van der Waals surface area contributed by atoms with Crippen LogP contribution in [0.1, 0.15) is 17.8 Å². The highest BCUT2D eigenvalue weighted by Gasteiger charge is 2.31. The van der Waals surface area contributed by atoms with E-state index in [-0.39, 0.29) is 18.8 Å². The Morgan fingerprint density at radius 1 is 1.68 bits per heavy atom. The van der Waals surface area contributed by atoms with E-state index < -0.39 is 28.6 Å². The summed E-state index contributed by atoms with van der Waals surface area (Å²) in [6.07, 6.45) is -1.63. The zero-order chi connectivity index (χ0) is 14.6. The number of rotatable bonds is 6. The maximum absolute atomic E-state index is 12.6. The van der Waals surface area contributed by atoms with Gasteiger partial charge in [-0.2, -0.15) is 5.10 Å². The van der Waals surface area contributed by atoms with Crippen molar-refractivity contribution in [2.45, 2.75) is 19.9 Å². The minimum absolute atomic E-state index is 0.0888. The second-order valence-electron chi connectivity index (χ2n) is 3.63. The Morgan fingerprint density at radius 2 is 2.32 bits per heavy atom. The average molecular weight is 274 g/mol. The van der Waals surface area contributed by atoms with Gasteiger partial charge in [-0.3, -0.25) is 19.6 Å². The van der Waals surface area contributed by atoms with E-state index in [1.807, 2.05) is 0 Å². The molecule has 0 aromatic carbocycles. The van der Waals surface area contributed by atoms with Crippen LogP contribution >= 0.6 is 0 Å². The SMILES string of the molecule is C=CCNC(=O)Cn1nc(C(F)F)c([N+](=O)[O-])c1C. The summed E-state index contributed by atoms with van der Waals surface area (Å²) < 4.78 is 26.1. The molecule has 104 valence electrons. The topological polar surface area (TPSA) is 90.1 Å². The molecule has 19 heavy (non-hydrogen) atoms. The van der Waals surface area contributed by atoms with Gasteiger partial charge >= 0.3 is 5.69 Å². The molecule has 1 amide bonds. The molecular formula is C10H12F2N4O3. The second kappa shape index (κ2) is 6.03. The van der Waals surface area contributed by atoms with Gasteiger partial charge in [0.25, 0.3) is 6.43 Å². The molecule has 0 aliphatic rings. The number of nitrogens with zero attached hydrogens (tertiary/aromatic N) is 3. The molecule has 0 unspecified atom stereocenters. The lowest BCUT2D eigenvalue weighted by Gasteiger charge is -2.03. The summed E-state index contributed by atoms with van der Waals surface area (Å²) in [5.41, 5.74) is -1.78. The summed E-state index contributed by atoms with van der Waals surface area (Å²) in [5.74, 6) is -0.499. The lowest BCUT2D eigenvalue weighted by atomic mass is 10.3. The fourth-order valence-electron chi connectivity index (χ4n) is 1.46. The van der Waals surface area contributed by atoms with Gasteiger partial charge in [0, 0.05) is 6.54 Å². The summed E-state index contributed by atoms with van der Waals surface area (Å²) in [6.45, 7) is 4.50. The molecule has 1 N–H and O–H groups in total. The van der Waals surface area contributed by atoms with Gasteiger partial charge < -0.3 is 5.32 Å². The summed E-state index contributed by atoms with van der Waals surface area (Å²) in [5, 5.41) is 16.6. The van der Waals surface area contributed by atoms with E-state index in [9.17, 15) is 23.7 Å². The predicted octanol–water partition coefficient (Wildman–Crippen LogP) is 1.34. The van der Waals surface area contributed by atoms with Crippen LogP contribution in [0.2, 0.25) is 0 Å². The van der Waals surface area contributed by atoms with Crippen LogP contribution in [-0.2, 0) is 11.3 Å². The third-order valence-corrected chi connectivity index (χ3v) is 2.33. The van der Waals surface area contributed by atoms with Gasteiger partial charge in [0.05, 0.1) is 4.92 Å². The summed E-state index contributed by atoms with van der Waals surface area (Å²) in [7, 11) is 0. The highest BCUT2D eigenvalue weighted by molar-refractivity contribution is 5.76. The van der Waals surface area contributed by atoms with Crippen LogP contribution in [0.4, 0.5) is 14.5 Å². The standard InChI is InChI=1S/C10H12F2N4O3/c1-3-4-13-7(17)5-15-6(2)9(16(18)19)8(14-15)10(11)12/h3,10H,1,4-5H2,2H3,(H,13,17). The number of amides is 1. The first-order valence-corrected chi connectivity index (χ1v) is 5.26. The van der Waals surface area contributed by atoms with Gasteiger partial charge in [-0.25, -0.2) is 8.78 Å². The van der Waals surface area contributed by atoms with Crippen LogP contribution in [-0.4, -0.2) is 27.2 Å². The van der Waals surface area contributed by atoms with Crippen molar-refractivity contribution >= 4 is 11.6 Å². The van der Waals surface area contributed by atoms with Gasteiger partial charge in [-0.15, -0.1) is 6.58 Å². The van der Waals surface area contributed by atoms with Gasteiger partial charge in [0.2, 0.25) is 11.6 Å². The number of aromatic nitrogens is 2. The number of nitro groups is 1. The molecule has 0 saturated heterocycles. The summed E-state index contributed by atoms with van der Waals surface area (Å²) in [6, 6.07) is 0. The van der Waals surface area contributed by atoms with Gasteiger partial charge in [-0.1, -0.05) is 6.08 Å². The van der Waals surface area contributed by atoms with Crippen molar-refractivity contribution in [2.75, 3.05) is 6.54 Å². The number of halogens is 2. The van der Waals surface area contributed by atoms with E-state index in [1.165, 1.54) is 13.0 Å². The van der Waals surface area contributed by atoms with Crippen molar-refractivity contribution in [3.63, 3.8) is 0 Å². The molecule has 0 fully saturated rings. The van der Waals surface area contributed by atoms with Crippen molar-refractivity contribution in [3.05, 3.63) is 34.2 Å². The molecule has 0 bridgehead atoms. The van der Waals surface area contributed by atoms with Crippen LogP contribution in [0, 0.1) is 17.0 Å². The minimum atomic E-state index is -3.07. The number of carbonyl (C=O) groups is 1. The van der Waals surface area contributed by atoms with E-state index in [2.05, 4.69) is 17.0 Å². The molecule has 7 nitrogen and oxygen atoms in total. The third kappa shape index (κ3) is 3.33. The fraction of sp³-hybridized carbons (Fsp3) is 0.400. The number of nitrogens with one attached hydrogen (secondary N) is 1. The number of carbonyl (C=O) groups excluding carboxylic acids is 1. The number of hydrogen-bond acceptors (Lipinski definition) is 4. The largest absolute Gasteiger partial charge is 0.351 e. The van der Waals surface area contributed by atoms with Gasteiger partial charge in [-0.05, 0) is 6.92 Å². The molecule has 0 saturated carbocycles. The lowest BCUT2D eigenvalue weighted by Crippen LogP contribution is -2.28. The second-order valence-corrected chi connectivity index (χ2v) is 3.63. The predicted molar refractivity (Wildman–Crippen MR) is 61.8 cm³/mol. The van der Waals surface area contributed by atoms with Crippen LogP contribution in [0.25, 0.3) is 0 Å². The van der Waals surface area contributed by atoms with Crippen LogP contribution in [0.15, 0.2) is 12.7 Å². The smallest absolute Gasteiger partial charge is 0.319 e. The quantitative estimate of drug-likeness (QED) is 0.481. The van der Waals surface area contributed by atoms with Crippen LogP contribution in [0.3, 0.4) is 0 Å². The van der Waals surface area contributed by atoms with Gasteiger partial charge in [0.1, 0.15) is 12.2 Å². The molecule has 0 aliphatic heterocycles. The average Bonchev–Trinajstić information content (AvgIpc) is 2.64. The Balaban J connectivity index is 3.03. The molecule has 1 heterocycles. The van der Waals surface area contributed by atoms with E-state index in [0.717, 1.165) is 4.68 Å². The normalized spacial score (nSPS) is 10.5. The monoisotopic (exact) mass is 274 g/mol. The molecule has 1 aromatic rings. The van der Waals surface area contributed by atoms with Gasteiger partial charge in [0.15, 0.2) is 0 Å². The lowest BCUT2D eigenvalue weighted by molar-refractivity contribution is -0.386. The molecule has 1 aromatic heterocycles. The minimum Gasteiger partial charge on any atom is -0.351 e. The van der Waals surface area contributed by atoms with Crippen molar-refractivity contribution in [1.29, 1.82) is 0 Å². The van der Waals surface area contributed by atoms with Crippen molar-refractivity contribution in [2.24, 2.45) is 0 Å². The Morgan fingerprint density at radius 3 is 2.74 bits per heavy atom. The van der Waals surface area contributed by atoms with Crippen molar-refractivity contribution in [1.82, 2.24) is 15.1 Å². The highest BCUT2D eigenvalue weighted by Crippen LogP contribution is 2.30. The summed E-state index contributed by atoms with van der Waals surface area (Å²) >= 11 is 0. The number of hydrogen-bond donors (Lipinski definition) is 1. The maximum atomic E-state index is 12.6. The Kier molecular flexibility index (Phi) is 4.67. The summed E-state index contributed by atoms with van der Waals surface area (Å²) in [4.78, 5) is 21.2. The Hall–Kier alpha value is -2.32. The first-order chi connectivity index (χ1) is 8.88. The number of alkyl halides is 2. The molecule has 9 heteroatoms. The molecule has 0 spiro atoms. The Bertz CT molecular complexity index is 513. The molecule has 0 atom stereocenters. The highest BCUT2D eigenvalue weighted by atomic mass is 19.3. The van der Waals surface area contributed by atoms with Crippen molar-refractivity contribution in [3.8, 4) is 0 Å². The van der Waals surface area contributed by atoms with E-state index in [4.69, 9.17) is 0 Å². The molecule has 0 aliphatic carbocycles. The maximum Gasteiger partial charge on any atom is 0.319 e. The molecule has 0 radical (unpaired) electrons. The van der Waals surface area contributed by atoms with E-state index in [0.29, 0.717) is 0 Å². The fourth-order valence-corrected chi connectivity index (χ4v) is 1.46. The molecular weight excluding hydrogens is 262 g/mol. The first kappa shape index (κ1) is 14.7. The molecule has 1 rings (SSSR count). The van der Waals surface area contributed by atoms with E-state index in [1.54, 1.807) is 0 Å². The van der Waals surface area contributed by atoms with Crippen LogP contribution < -0.4 is 5.32 Å². The zero-order valence-corrected chi connectivity index (χ0v) is 10.1.